The van der Waals surface area contributed by atoms with Crippen molar-refractivity contribution < 1.29 is 24.2 Å². The maximum Gasteiger partial charge on any atom is 0.407 e. The lowest BCUT2D eigenvalue weighted by Crippen LogP contribution is -2.53. The van der Waals surface area contributed by atoms with E-state index < -0.39 is 23.5 Å². The number of rotatable bonds is 3. The van der Waals surface area contributed by atoms with Gasteiger partial charge in [-0.3, -0.25) is 0 Å². The molecule has 1 heterocycles. The van der Waals surface area contributed by atoms with Crippen molar-refractivity contribution in [1.82, 2.24) is 5.32 Å². The van der Waals surface area contributed by atoms with Gasteiger partial charge in [0.15, 0.2) is 0 Å². The van der Waals surface area contributed by atoms with Crippen LogP contribution in [-0.2, 0) is 14.3 Å². The quantitative estimate of drug-likeness (QED) is 0.743. The van der Waals surface area contributed by atoms with Gasteiger partial charge in [0.2, 0.25) is 0 Å². The van der Waals surface area contributed by atoms with Crippen molar-refractivity contribution in [2.45, 2.75) is 25.8 Å². The standard InChI is InChI=1S/C10H17NO5/c1-10(3-5-16-6-4-10)7(8(12)13)11-9(14)15-2/h7H,3-6H2,1-2H3,(H,11,14)(H,12,13). The van der Waals surface area contributed by atoms with Crippen LogP contribution in [0.15, 0.2) is 0 Å². The third-order valence-electron chi connectivity index (χ3n) is 3.03. The molecule has 1 saturated heterocycles. The van der Waals surface area contributed by atoms with Crippen molar-refractivity contribution in [3.63, 3.8) is 0 Å². The number of amides is 1. The summed E-state index contributed by atoms with van der Waals surface area (Å²) in [6.07, 6.45) is 0.488. The summed E-state index contributed by atoms with van der Waals surface area (Å²) in [4.78, 5) is 22.2. The van der Waals surface area contributed by atoms with Crippen LogP contribution in [0.5, 0.6) is 0 Å². The predicted octanol–water partition coefficient (Wildman–Crippen LogP) is 0.612. The molecule has 16 heavy (non-hydrogen) atoms. The van der Waals surface area contributed by atoms with E-state index in [1.54, 1.807) is 0 Å². The first-order valence-corrected chi connectivity index (χ1v) is 5.14. The highest BCUT2D eigenvalue weighted by Gasteiger charge is 2.41. The summed E-state index contributed by atoms with van der Waals surface area (Å²) in [5, 5.41) is 11.5. The molecular formula is C10H17NO5. The molecule has 0 aromatic heterocycles. The molecule has 1 rings (SSSR count). The summed E-state index contributed by atoms with van der Waals surface area (Å²) in [7, 11) is 1.21. The number of aliphatic carboxylic acids is 1. The van der Waals surface area contributed by atoms with E-state index in [0.717, 1.165) is 0 Å². The zero-order valence-corrected chi connectivity index (χ0v) is 9.49. The van der Waals surface area contributed by atoms with Gasteiger partial charge in [0, 0.05) is 18.6 Å². The van der Waals surface area contributed by atoms with Crippen molar-refractivity contribution in [2.75, 3.05) is 20.3 Å². The number of carbonyl (C=O) groups is 2. The molecule has 1 atom stereocenters. The van der Waals surface area contributed by atoms with Gasteiger partial charge in [-0.05, 0) is 12.8 Å². The highest BCUT2D eigenvalue weighted by molar-refractivity contribution is 5.80. The Bertz CT molecular complexity index is 272. The molecule has 92 valence electrons. The lowest BCUT2D eigenvalue weighted by Gasteiger charge is -2.38. The van der Waals surface area contributed by atoms with E-state index in [-0.39, 0.29) is 0 Å². The van der Waals surface area contributed by atoms with Gasteiger partial charge in [-0.2, -0.15) is 0 Å². The summed E-state index contributed by atoms with van der Waals surface area (Å²) in [5.41, 5.74) is -0.488. The number of methoxy groups -OCH3 is 1. The molecule has 0 aromatic carbocycles. The number of carbonyl (C=O) groups excluding carboxylic acids is 1. The molecule has 0 bridgehead atoms. The van der Waals surface area contributed by atoms with Gasteiger partial charge in [0.25, 0.3) is 0 Å². The fourth-order valence-corrected chi connectivity index (χ4v) is 1.84. The van der Waals surface area contributed by atoms with E-state index in [1.807, 2.05) is 6.92 Å². The van der Waals surface area contributed by atoms with Gasteiger partial charge >= 0.3 is 12.1 Å². The maximum atomic E-state index is 11.1. The number of nitrogens with one attached hydrogen (secondary N) is 1. The summed E-state index contributed by atoms with van der Waals surface area (Å²) in [6, 6.07) is -0.941. The molecule has 1 unspecified atom stereocenters. The van der Waals surface area contributed by atoms with Crippen LogP contribution >= 0.6 is 0 Å². The number of hydrogen-bond acceptors (Lipinski definition) is 4. The molecule has 6 nitrogen and oxygen atoms in total. The van der Waals surface area contributed by atoms with E-state index in [1.165, 1.54) is 7.11 Å². The Balaban J connectivity index is 2.75. The zero-order chi connectivity index (χ0) is 12.2. The second kappa shape index (κ2) is 5.16. The number of carboxylic acid groups (broad SMARTS) is 1. The topological polar surface area (TPSA) is 84.9 Å². The Morgan fingerprint density at radius 1 is 1.44 bits per heavy atom. The largest absolute Gasteiger partial charge is 0.480 e. The van der Waals surface area contributed by atoms with Crippen LogP contribution in [0.4, 0.5) is 4.79 Å². The first-order chi connectivity index (χ1) is 7.49. The number of alkyl carbamates (subject to hydrolysis) is 1. The normalized spacial score (nSPS) is 20.9. The Morgan fingerprint density at radius 2 is 2.00 bits per heavy atom. The number of ether oxygens (including phenoxy) is 2. The van der Waals surface area contributed by atoms with Crippen molar-refractivity contribution in [2.24, 2.45) is 5.41 Å². The average molecular weight is 231 g/mol. The Labute approximate surface area is 93.9 Å². The van der Waals surface area contributed by atoms with Crippen LogP contribution in [0.3, 0.4) is 0 Å². The zero-order valence-electron chi connectivity index (χ0n) is 9.49. The number of hydrogen-bond donors (Lipinski definition) is 2. The molecule has 1 aliphatic rings. The highest BCUT2D eigenvalue weighted by atomic mass is 16.5. The molecule has 0 radical (unpaired) electrons. The summed E-state index contributed by atoms with van der Waals surface area (Å²) in [5.74, 6) is -1.05. The minimum absolute atomic E-state index is 0.488. The van der Waals surface area contributed by atoms with E-state index in [2.05, 4.69) is 10.1 Å². The Morgan fingerprint density at radius 3 is 2.44 bits per heavy atom. The van der Waals surface area contributed by atoms with Crippen LogP contribution in [0.25, 0.3) is 0 Å². The van der Waals surface area contributed by atoms with Crippen molar-refractivity contribution in [1.29, 1.82) is 0 Å². The molecule has 0 aromatic rings. The van der Waals surface area contributed by atoms with Gasteiger partial charge in [0.1, 0.15) is 6.04 Å². The number of carboxylic acids is 1. The molecule has 6 heteroatoms. The smallest absolute Gasteiger partial charge is 0.407 e. The van der Waals surface area contributed by atoms with Crippen LogP contribution in [0.1, 0.15) is 19.8 Å². The second-order valence-electron chi connectivity index (χ2n) is 4.17. The molecule has 0 spiro atoms. The minimum atomic E-state index is -1.05. The molecule has 1 aliphatic heterocycles. The first kappa shape index (κ1) is 12.8. The third-order valence-corrected chi connectivity index (χ3v) is 3.03. The van der Waals surface area contributed by atoms with Crippen LogP contribution < -0.4 is 5.32 Å². The summed E-state index contributed by atoms with van der Waals surface area (Å²) in [6.45, 7) is 2.87. The van der Waals surface area contributed by atoms with E-state index in [4.69, 9.17) is 9.84 Å². The average Bonchev–Trinajstić information content (AvgIpc) is 2.25. The fraction of sp³-hybridized carbons (Fsp3) is 0.800. The summed E-state index contributed by atoms with van der Waals surface area (Å²) < 4.78 is 9.61. The Hall–Kier alpha value is -1.30. The molecule has 0 saturated carbocycles. The van der Waals surface area contributed by atoms with Gasteiger partial charge in [0.05, 0.1) is 7.11 Å². The van der Waals surface area contributed by atoms with Crippen molar-refractivity contribution >= 4 is 12.1 Å². The van der Waals surface area contributed by atoms with E-state index in [0.29, 0.717) is 26.1 Å². The molecule has 1 fully saturated rings. The maximum absolute atomic E-state index is 11.1. The monoisotopic (exact) mass is 231 g/mol. The highest BCUT2D eigenvalue weighted by Crippen LogP contribution is 2.33. The first-order valence-electron chi connectivity index (χ1n) is 5.14. The molecule has 0 aliphatic carbocycles. The fourth-order valence-electron chi connectivity index (χ4n) is 1.84. The van der Waals surface area contributed by atoms with E-state index in [9.17, 15) is 9.59 Å². The van der Waals surface area contributed by atoms with Crippen LogP contribution in [-0.4, -0.2) is 43.5 Å². The van der Waals surface area contributed by atoms with Crippen LogP contribution in [0, 0.1) is 5.41 Å². The SMILES string of the molecule is COC(=O)NC(C(=O)O)C1(C)CCOCC1. The van der Waals surface area contributed by atoms with Gasteiger partial charge in [-0.15, -0.1) is 0 Å². The van der Waals surface area contributed by atoms with Gasteiger partial charge < -0.3 is 19.9 Å². The third kappa shape index (κ3) is 2.85. The Kier molecular flexibility index (Phi) is 4.12. The van der Waals surface area contributed by atoms with Crippen LogP contribution in [0.2, 0.25) is 0 Å². The van der Waals surface area contributed by atoms with E-state index >= 15 is 0 Å². The van der Waals surface area contributed by atoms with Gasteiger partial charge in [-0.1, -0.05) is 6.92 Å². The minimum Gasteiger partial charge on any atom is -0.480 e. The van der Waals surface area contributed by atoms with Crippen molar-refractivity contribution in [3.05, 3.63) is 0 Å². The lowest BCUT2D eigenvalue weighted by molar-refractivity contribution is -0.144. The molecule has 1 amide bonds. The second-order valence-corrected chi connectivity index (χ2v) is 4.17. The predicted molar refractivity (Wildman–Crippen MR) is 55.1 cm³/mol. The molecular weight excluding hydrogens is 214 g/mol. The van der Waals surface area contributed by atoms with Crippen molar-refractivity contribution in [3.8, 4) is 0 Å². The summed E-state index contributed by atoms with van der Waals surface area (Å²) >= 11 is 0. The molecule has 2 N–H and O–H groups in total. The van der Waals surface area contributed by atoms with Gasteiger partial charge in [-0.25, -0.2) is 9.59 Å². The lowest BCUT2D eigenvalue weighted by atomic mass is 9.75.